The van der Waals surface area contributed by atoms with Crippen LogP contribution in [0.25, 0.3) is 10.2 Å². The molecule has 1 amide bonds. The summed E-state index contributed by atoms with van der Waals surface area (Å²) < 4.78 is 1.08. The van der Waals surface area contributed by atoms with Crippen molar-refractivity contribution in [3.8, 4) is 0 Å². The Morgan fingerprint density at radius 3 is 2.73 bits per heavy atom. The van der Waals surface area contributed by atoms with Gasteiger partial charge in [0.05, 0.1) is 10.2 Å². The molecule has 3 rings (SSSR count). The van der Waals surface area contributed by atoms with Crippen LogP contribution in [0.3, 0.4) is 0 Å². The summed E-state index contributed by atoms with van der Waals surface area (Å²) in [5.41, 5.74) is 1.60. The molecule has 0 aliphatic rings. The molecule has 0 unspecified atom stereocenters. The molecule has 2 aromatic carbocycles. The van der Waals surface area contributed by atoms with E-state index in [0.29, 0.717) is 10.7 Å². The van der Waals surface area contributed by atoms with Crippen molar-refractivity contribution in [2.45, 2.75) is 9.79 Å². The lowest BCUT2D eigenvalue weighted by molar-refractivity contribution is 0.102. The molecular formula is C16H14N2OS3. The number of amides is 1. The monoisotopic (exact) mass is 346 g/mol. The second-order valence-electron chi connectivity index (χ2n) is 4.51. The first-order valence-corrected chi connectivity index (χ1v) is 9.87. The number of nitrogens with one attached hydrogen (secondary N) is 1. The SMILES string of the molecule is CSc1cccc(C(=O)Nc2nc3c(SC)cccc3s2)c1. The van der Waals surface area contributed by atoms with E-state index < -0.39 is 0 Å². The fourth-order valence-electron chi connectivity index (χ4n) is 2.08. The Morgan fingerprint density at radius 2 is 1.95 bits per heavy atom. The predicted octanol–water partition coefficient (Wildman–Crippen LogP) is 4.99. The van der Waals surface area contributed by atoms with Crippen LogP contribution < -0.4 is 5.32 Å². The van der Waals surface area contributed by atoms with Gasteiger partial charge in [0, 0.05) is 15.4 Å². The lowest BCUT2D eigenvalue weighted by atomic mass is 10.2. The van der Waals surface area contributed by atoms with Crippen molar-refractivity contribution in [1.82, 2.24) is 4.98 Å². The summed E-state index contributed by atoms with van der Waals surface area (Å²) in [6.07, 6.45) is 4.02. The third kappa shape index (κ3) is 3.14. The maximum atomic E-state index is 12.4. The molecule has 3 nitrogen and oxygen atoms in total. The van der Waals surface area contributed by atoms with Gasteiger partial charge in [-0.15, -0.1) is 23.5 Å². The van der Waals surface area contributed by atoms with E-state index in [4.69, 9.17) is 0 Å². The van der Waals surface area contributed by atoms with Crippen LogP contribution in [0.2, 0.25) is 0 Å². The maximum Gasteiger partial charge on any atom is 0.257 e. The van der Waals surface area contributed by atoms with Gasteiger partial charge in [-0.2, -0.15) is 0 Å². The van der Waals surface area contributed by atoms with Gasteiger partial charge in [-0.25, -0.2) is 4.98 Å². The molecule has 0 saturated carbocycles. The van der Waals surface area contributed by atoms with Crippen LogP contribution in [0, 0.1) is 0 Å². The Kier molecular flexibility index (Phi) is 4.71. The Bertz CT molecular complexity index is 829. The highest BCUT2D eigenvalue weighted by Gasteiger charge is 2.12. The summed E-state index contributed by atoms with van der Waals surface area (Å²) in [6, 6.07) is 13.7. The molecule has 1 aromatic heterocycles. The van der Waals surface area contributed by atoms with E-state index in [9.17, 15) is 4.79 Å². The summed E-state index contributed by atoms with van der Waals surface area (Å²) >= 11 is 4.78. The van der Waals surface area contributed by atoms with E-state index in [1.54, 1.807) is 23.5 Å². The fourth-order valence-corrected chi connectivity index (χ4v) is 4.05. The molecule has 0 aliphatic heterocycles. The van der Waals surface area contributed by atoms with E-state index in [-0.39, 0.29) is 5.91 Å². The minimum Gasteiger partial charge on any atom is -0.298 e. The zero-order chi connectivity index (χ0) is 15.5. The minimum absolute atomic E-state index is 0.124. The van der Waals surface area contributed by atoms with Crippen molar-refractivity contribution in [2.24, 2.45) is 0 Å². The highest BCUT2D eigenvalue weighted by molar-refractivity contribution is 7.99. The van der Waals surface area contributed by atoms with Crippen molar-refractivity contribution < 1.29 is 4.79 Å². The number of thiazole rings is 1. The Hall–Kier alpha value is -1.50. The quantitative estimate of drug-likeness (QED) is 0.676. The van der Waals surface area contributed by atoms with Gasteiger partial charge >= 0.3 is 0 Å². The molecule has 22 heavy (non-hydrogen) atoms. The largest absolute Gasteiger partial charge is 0.298 e. The average molecular weight is 347 g/mol. The number of hydrogen-bond donors (Lipinski definition) is 1. The first kappa shape index (κ1) is 15.4. The number of anilines is 1. The molecule has 0 bridgehead atoms. The molecule has 112 valence electrons. The third-order valence-corrected chi connectivity index (χ3v) is 5.58. The molecule has 0 spiro atoms. The van der Waals surface area contributed by atoms with Gasteiger partial charge in [0.15, 0.2) is 5.13 Å². The number of fused-ring (bicyclic) bond motifs is 1. The molecular weight excluding hydrogens is 332 g/mol. The van der Waals surface area contributed by atoms with Crippen LogP contribution in [-0.2, 0) is 0 Å². The van der Waals surface area contributed by atoms with E-state index >= 15 is 0 Å². The number of hydrogen-bond acceptors (Lipinski definition) is 5. The normalized spacial score (nSPS) is 10.8. The van der Waals surface area contributed by atoms with E-state index in [0.717, 1.165) is 20.0 Å². The van der Waals surface area contributed by atoms with Crippen molar-refractivity contribution in [3.05, 3.63) is 48.0 Å². The highest BCUT2D eigenvalue weighted by Crippen LogP contribution is 2.32. The summed E-state index contributed by atoms with van der Waals surface area (Å²) in [5, 5.41) is 3.54. The molecule has 6 heteroatoms. The average Bonchev–Trinajstić information content (AvgIpc) is 2.97. The lowest BCUT2D eigenvalue weighted by Crippen LogP contribution is -2.11. The minimum atomic E-state index is -0.124. The van der Waals surface area contributed by atoms with Crippen molar-refractivity contribution >= 4 is 56.1 Å². The number of carbonyl (C=O) groups is 1. The Morgan fingerprint density at radius 1 is 1.14 bits per heavy atom. The van der Waals surface area contributed by atoms with Gasteiger partial charge in [0.25, 0.3) is 5.91 Å². The van der Waals surface area contributed by atoms with Gasteiger partial charge in [0.1, 0.15) is 0 Å². The van der Waals surface area contributed by atoms with Gasteiger partial charge in [-0.1, -0.05) is 23.5 Å². The molecule has 1 heterocycles. The zero-order valence-electron chi connectivity index (χ0n) is 12.1. The topological polar surface area (TPSA) is 42.0 Å². The maximum absolute atomic E-state index is 12.4. The number of nitrogens with zero attached hydrogens (tertiary/aromatic N) is 1. The van der Waals surface area contributed by atoms with Crippen LogP contribution >= 0.6 is 34.9 Å². The Labute approximate surface area is 141 Å². The Balaban J connectivity index is 1.87. The highest BCUT2D eigenvalue weighted by atomic mass is 32.2. The van der Waals surface area contributed by atoms with Crippen molar-refractivity contribution in [3.63, 3.8) is 0 Å². The number of para-hydroxylation sites is 1. The molecule has 3 aromatic rings. The number of rotatable bonds is 4. The second-order valence-corrected chi connectivity index (χ2v) is 7.27. The summed E-state index contributed by atoms with van der Waals surface area (Å²) in [6.45, 7) is 0. The van der Waals surface area contributed by atoms with Crippen LogP contribution in [-0.4, -0.2) is 23.4 Å². The zero-order valence-corrected chi connectivity index (χ0v) is 14.6. The molecule has 0 aliphatic carbocycles. The molecule has 0 radical (unpaired) electrons. The lowest BCUT2D eigenvalue weighted by Gasteiger charge is -2.03. The number of aromatic nitrogens is 1. The van der Waals surface area contributed by atoms with Gasteiger partial charge < -0.3 is 0 Å². The smallest absolute Gasteiger partial charge is 0.257 e. The molecule has 0 fully saturated rings. The van der Waals surface area contributed by atoms with E-state index in [1.807, 2.05) is 55.0 Å². The van der Waals surface area contributed by atoms with Crippen LogP contribution in [0.1, 0.15) is 10.4 Å². The van der Waals surface area contributed by atoms with E-state index in [2.05, 4.69) is 10.3 Å². The number of thioether (sulfide) groups is 2. The third-order valence-electron chi connectivity index (χ3n) is 3.15. The molecule has 1 N–H and O–H groups in total. The number of benzene rings is 2. The summed E-state index contributed by atoms with van der Waals surface area (Å²) in [4.78, 5) is 19.1. The van der Waals surface area contributed by atoms with Crippen molar-refractivity contribution in [1.29, 1.82) is 0 Å². The molecule has 0 saturated heterocycles. The first-order valence-electron chi connectivity index (χ1n) is 6.60. The van der Waals surface area contributed by atoms with Crippen LogP contribution in [0.4, 0.5) is 5.13 Å². The van der Waals surface area contributed by atoms with Crippen LogP contribution in [0.5, 0.6) is 0 Å². The van der Waals surface area contributed by atoms with Gasteiger partial charge in [-0.05, 0) is 42.8 Å². The van der Waals surface area contributed by atoms with Crippen LogP contribution in [0.15, 0.2) is 52.3 Å². The predicted molar refractivity (Wildman–Crippen MR) is 97.6 cm³/mol. The fraction of sp³-hybridized carbons (Fsp3) is 0.125. The van der Waals surface area contributed by atoms with Crippen molar-refractivity contribution in [2.75, 3.05) is 17.8 Å². The second kappa shape index (κ2) is 6.73. The first-order chi connectivity index (χ1) is 10.7. The number of carbonyl (C=O) groups excluding carboxylic acids is 1. The summed E-state index contributed by atoms with van der Waals surface area (Å²) in [5.74, 6) is -0.124. The van der Waals surface area contributed by atoms with Gasteiger partial charge in [0.2, 0.25) is 0 Å². The van der Waals surface area contributed by atoms with Gasteiger partial charge in [-0.3, -0.25) is 10.1 Å². The molecule has 0 atom stereocenters. The summed E-state index contributed by atoms with van der Waals surface area (Å²) in [7, 11) is 0. The standard InChI is InChI=1S/C16H14N2OS3/c1-20-11-6-3-5-10(9-11)15(19)18-16-17-14-12(21-2)7-4-8-13(14)22-16/h3-9H,1-2H3,(H,17,18,19). The van der Waals surface area contributed by atoms with E-state index in [1.165, 1.54) is 11.3 Å².